The zero-order valence-corrected chi connectivity index (χ0v) is 25.5. The number of carbonyl (C=O) groups is 2. The number of amides is 2. The zero-order valence-electron chi connectivity index (χ0n) is 25.5. The van der Waals surface area contributed by atoms with Crippen LogP contribution in [0.5, 0.6) is 11.5 Å². The smallest absolute Gasteiger partial charge is 0.415 e. The number of aromatic nitrogens is 2. The lowest BCUT2D eigenvalue weighted by atomic mass is 10.0. The average Bonchev–Trinajstić information content (AvgIpc) is 3.70. The second-order valence-electron chi connectivity index (χ2n) is 12.2. The van der Waals surface area contributed by atoms with Crippen LogP contribution in [-0.2, 0) is 4.74 Å². The fourth-order valence-electron chi connectivity index (χ4n) is 5.42. The van der Waals surface area contributed by atoms with E-state index in [1.807, 2.05) is 0 Å². The minimum absolute atomic E-state index is 0.0487. The highest BCUT2D eigenvalue weighted by Gasteiger charge is 2.55. The van der Waals surface area contributed by atoms with Crippen molar-refractivity contribution in [2.45, 2.75) is 71.1 Å². The second kappa shape index (κ2) is 11.7. The van der Waals surface area contributed by atoms with Crippen LogP contribution in [0.4, 0.5) is 28.6 Å². The maximum atomic E-state index is 14.9. The Balaban J connectivity index is 1.40. The molecule has 1 saturated heterocycles. The first-order valence-corrected chi connectivity index (χ1v) is 14.4. The number of methoxy groups -OCH3 is 1. The monoisotopic (exact) mass is 615 g/mol. The normalized spacial score (nSPS) is 16.7. The Labute approximate surface area is 253 Å². The number of ether oxygens (including phenoxy) is 3. The number of nitrogens with zero attached hydrogens (tertiary/aromatic N) is 4. The fourth-order valence-corrected chi connectivity index (χ4v) is 5.42. The number of hydrogen-bond acceptors (Lipinski definition) is 8. The summed E-state index contributed by atoms with van der Waals surface area (Å²) >= 11 is 0. The van der Waals surface area contributed by atoms with E-state index in [4.69, 9.17) is 14.2 Å². The van der Waals surface area contributed by atoms with E-state index in [-0.39, 0.29) is 23.6 Å². The van der Waals surface area contributed by atoms with Crippen LogP contribution in [0.3, 0.4) is 0 Å². The molecule has 44 heavy (non-hydrogen) atoms. The summed E-state index contributed by atoms with van der Waals surface area (Å²) in [6.07, 6.45) is -2.52. The molecule has 1 spiro atoms. The van der Waals surface area contributed by atoms with E-state index in [2.05, 4.69) is 15.3 Å². The standard InChI is InChI=1S/C31H36F3N5O5/c1-17(19-8-7-9-20(25(19)32)26(33)34)35-27-21-14-24(23(42-6)15-22(21)36-18(2)37-27)43-29(41)39-13-12-38(16-31(39)10-11-31)28(40)44-30(3,4)5/h7-9,14-15,17,26H,10-13,16H2,1-6H3,(H,35,36,37)/t17-/m1/s1. The zero-order chi connectivity index (χ0) is 32.0. The van der Waals surface area contributed by atoms with Gasteiger partial charge in [0.05, 0.1) is 29.8 Å². The number of benzene rings is 2. The van der Waals surface area contributed by atoms with Gasteiger partial charge in [0.1, 0.15) is 23.1 Å². The van der Waals surface area contributed by atoms with Gasteiger partial charge in [-0.25, -0.2) is 32.7 Å². The third kappa shape index (κ3) is 6.31. The highest BCUT2D eigenvalue weighted by atomic mass is 19.3. The van der Waals surface area contributed by atoms with Crippen LogP contribution in [0.15, 0.2) is 30.3 Å². The third-order valence-corrected chi connectivity index (χ3v) is 7.75. The van der Waals surface area contributed by atoms with Crippen molar-refractivity contribution in [1.82, 2.24) is 19.8 Å². The summed E-state index contributed by atoms with van der Waals surface area (Å²) in [4.78, 5) is 38.4. The topological polar surface area (TPSA) is 106 Å². The van der Waals surface area contributed by atoms with E-state index < -0.39 is 47.2 Å². The quantitative estimate of drug-likeness (QED) is 0.324. The molecule has 2 aromatic carbocycles. The molecule has 1 aliphatic carbocycles. The number of aryl methyl sites for hydroxylation is 1. The summed E-state index contributed by atoms with van der Waals surface area (Å²) in [5.41, 5.74) is -1.33. The lowest BCUT2D eigenvalue weighted by molar-refractivity contribution is 0.00238. The Morgan fingerprint density at radius 1 is 1.05 bits per heavy atom. The number of carbonyl (C=O) groups excluding carboxylic acids is 2. The lowest BCUT2D eigenvalue weighted by Crippen LogP contribution is -2.59. The summed E-state index contributed by atoms with van der Waals surface area (Å²) in [6.45, 7) is 9.63. The lowest BCUT2D eigenvalue weighted by Gasteiger charge is -2.41. The predicted molar refractivity (Wildman–Crippen MR) is 157 cm³/mol. The molecule has 1 aliphatic heterocycles. The molecule has 10 nitrogen and oxygen atoms in total. The van der Waals surface area contributed by atoms with Crippen LogP contribution in [0.25, 0.3) is 10.9 Å². The number of fused-ring (bicyclic) bond motifs is 1. The molecule has 1 aromatic heterocycles. The summed E-state index contributed by atoms with van der Waals surface area (Å²) in [6, 6.07) is 6.29. The molecule has 0 unspecified atom stereocenters. The molecular formula is C31H36F3N5O5. The molecule has 2 amide bonds. The van der Waals surface area contributed by atoms with Gasteiger partial charge in [0, 0.05) is 36.7 Å². The molecule has 5 rings (SSSR count). The molecule has 13 heteroatoms. The second-order valence-corrected chi connectivity index (χ2v) is 12.2. The van der Waals surface area contributed by atoms with Crippen LogP contribution >= 0.6 is 0 Å². The number of rotatable bonds is 6. The van der Waals surface area contributed by atoms with Crippen molar-refractivity contribution in [3.05, 3.63) is 53.1 Å². The number of hydrogen-bond donors (Lipinski definition) is 1. The molecule has 3 aromatic rings. The van der Waals surface area contributed by atoms with Gasteiger partial charge in [0.15, 0.2) is 11.5 Å². The van der Waals surface area contributed by atoms with Crippen molar-refractivity contribution in [3.8, 4) is 11.5 Å². The van der Waals surface area contributed by atoms with Crippen molar-refractivity contribution in [2.24, 2.45) is 0 Å². The van der Waals surface area contributed by atoms with Gasteiger partial charge in [-0.2, -0.15) is 0 Å². The van der Waals surface area contributed by atoms with Gasteiger partial charge >= 0.3 is 12.2 Å². The Hall–Kier alpha value is -4.29. The number of piperazine rings is 1. The van der Waals surface area contributed by atoms with Gasteiger partial charge in [0.25, 0.3) is 6.43 Å². The molecule has 1 N–H and O–H groups in total. The van der Waals surface area contributed by atoms with E-state index in [0.29, 0.717) is 35.6 Å². The first kappa shape index (κ1) is 31.1. The molecule has 1 saturated carbocycles. The maximum Gasteiger partial charge on any atom is 0.415 e. The van der Waals surface area contributed by atoms with Gasteiger partial charge in [-0.1, -0.05) is 18.2 Å². The molecular weight excluding hydrogens is 579 g/mol. The fraction of sp³-hybridized carbons (Fsp3) is 0.484. The number of nitrogens with one attached hydrogen (secondary N) is 1. The SMILES string of the molecule is COc1cc2nc(C)nc(N[C@H](C)c3cccc(C(F)F)c3F)c2cc1OC(=O)N1CCN(C(=O)OC(C)(C)C)CC12CC2. The average molecular weight is 616 g/mol. The molecule has 2 aliphatic rings. The Bertz CT molecular complexity index is 1590. The molecule has 2 heterocycles. The summed E-state index contributed by atoms with van der Waals surface area (Å²) in [7, 11) is 1.44. The molecule has 0 radical (unpaired) electrons. The van der Waals surface area contributed by atoms with Crippen molar-refractivity contribution < 1.29 is 37.0 Å². The van der Waals surface area contributed by atoms with Crippen molar-refractivity contribution in [2.75, 3.05) is 32.1 Å². The summed E-state index contributed by atoms with van der Waals surface area (Å²) < 4.78 is 58.5. The van der Waals surface area contributed by atoms with E-state index in [9.17, 15) is 22.8 Å². The van der Waals surface area contributed by atoms with Gasteiger partial charge in [-0.15, -0.1) is 0 Å². The van der Waals surface area contributed by atoms with Crippen LogP contribution < -0.4 is 14.8 Å². The summed E-state index contributed by atoms with van der Waals surface area (Å²) in [5, 5.41) is 3.56. The first-order valence-electron chi connectivity index (χ1n) is 14.4. The van der Waals surface area contributed by atoms with E-state index >= 15 is 0 Å². The van der Waals surface area contributed by atoms with Crippen LogP contribution in [0.2, 0.25) is 0 Å². The van der Waals surface area contributed by atoms with Gasteiger partial charge in [-0.05, 0) is 53.5 Å². The minimum Gasteiger partial charge on any atom is -0.493 e. The highest BCUT2D eigenvalue weighted by molar-refractivity contribution is 5.92. The maximum absolute atomic E-state index is 14.9. The molecule has 2 fully saturated rings. The van der Waals surface area contributed by atoms with E-state index in [1.165, 1.54) is 19.2 Å². The number of anilines is 1. The largest absolute Gasteiger partial charge is 0.493 e. The Morgan fingerprint density at radius 2 is 1.75 bits per heavy atom. The molecule has 1 atom stereocenters. The first-order chi connectivity index (χ1) is 20.7. The van der Waals surface area contributed by atoms with E-state index in [1.54, 1.807) is 56.6 Å². The minimum atomic E-state index is -2.95. The number of alkyl halides is 2. The van der Waals surface area contributed by atoms with Crippen LogP contribution in [0.1, 0.15) is 70.0 Å². The summed E-state index contributed by atoms with van der Waals surface area (Å²) in [5.74, 6) is 0.0840. The highest BCUT2D eigenvalue weighted by Crippen LogP contribution is 2.45. The molecule has 0 bridgehead atoms. The van der Waals surface area contributed by atoms with Gasteiger partial charge in [0.2, 0.25) is 0 Å². The van der Waals surface area contributed by atoms with Crippen molar-refractivity contribution >= 4 is 28.9 Å². The van der Waals surface area contributed by atoms with Crippen molar-refractivity contribution in [3.63, 3.8) is 0 Å². The van der Waals surface area contributed by atoms with Crippen LogP contribution in [-0.4, -0.2) is 69.8 Å². The van der Waals surface area contributed by atoms with Crippen molar-refractivity contribution in [1.29, 1.82) is 0 Å². The van der Waals surface area contributed by atoms with Crippen LogP contribution in [0, 0.1) is 12.7 Å². The van der Waals surface area contributed by atoms with Gasteiger partial charge < -0.3 is 24.4 Å². The van der Waals surface area contributed by atoms with E-state index in [0.717, 1.165) is 18.9 Å². The Morgan fingerprint density at radius 3 is 2.39 bits per heavy atom. The Kier molecular flexibility index (Phi) is 8.25. The number of halogens is 3. The molecule has 236 valence electrons. The predicted octanol–water partition coefficient (Wildman–Crippen LogP) is 6.78. The van der Waals surface area contributed by atoms with Gasteiger partial charge in [-0.3, -0.25) is 4.90 Å². The third-order valence-electron chi connectivity index (χ3n) is 7.75.